The van der Waals surface area contributed by atoms with Crippen LogP contribution in [0.3, 0.4) is 0 Å². The molecule has 0 bridgehead atoms. The minimum Gasteiger partial charge on any atom is -0.323 e. The van der Waals surface area contributed by atoms with Crippen molar-refractivity contribution in [3.05, 3.63) is 29.0 Å². The number of hydrogen-bond acceptors (Lipinski definition) is 2. The molecular weight excluding hydrogens is 196 g/mol. The summed E-state index contributed by atoms with van der Waals surface area (Å²) in [5.74, 6) is 2.58. The molecule has 14 heavy (non-hydrogen) atoms. The minimum atomic E-state index is -0.114. The lowest BCUT2D eigenvalue weighted by Crippen LogP contribution is -2.12. The Morgan fingerprint density at radius 3 is 3.07 bits per heavy atom. The number of hydrogen-bond donors (Lipinski definition) is 1. The normalized spacial score (nSPS) is 12.1. The van der Waals surface area contributed by atoms with Crippen molar-refractivity contribution in [3.63, 3.8) is 0 Å². The maximum Gasteiger partial charge on any atom is 0.0756 e. The summed E-state index contributed by atoms with van der Waals surface area (Å²) >= 11 is 5.95. The first kappa shape index (κ1) is 11.0. The second-order valence-corrected chi connectivity index (χ2v) is 3.48. The summed E-state index contributed by atoms with van der Waals surface area (Å²) in [6.45, 7) is 0. The van der Waals surface area contributed by atoms with E-state index in [-0.39, 0.29) is 6.04 Å². The average molecular weight is 209 g/mol. The van der Waals surface area contributed by atoms with Gasteiger partial charge in [0.1, 0.15) is 0 Å². The Morgan fingerprint density at radius 1 is 1.64 bits per heavy atom. The molecule has 0 aliphatic carbocycles. The summed E-state index contributed by atoms with van der Waals surface area (Å²) in [7, 11) is 0. The van der Waals surface area contributed by atoms with E-state index in [9.17, 15) is 0 Å². The van der Waals surface area contributed by atoms with E-state index in [1.807, 2.05) is 0 Å². The summed E-state index contributed by atoms with van der Waals surface area (Å²) < 4.78 is 0. The largest absolute Gasteiger partial charge is 0.323 e. The molecule has 1 aromatic heterocycles. The number of halogens is 1. The molecule has 74 valence electrons. The molecule has 0 saturated heterocycles. The van der Waals surface area contributed by atoms with Crippen LogP contribution in [-0.4, -0.2) is 4.98 Å². The highest BCUT2D eigenvalue weighted by atomic mass is 35.5. The third kappa shape index (κ3) is 3.02. The van der Waals surface area contributed by atoms with E-state index in [0.29, 0.717) is 5.02 Å². The van der Waals surface area contributed by atoms with Crippen LogP contribution in [0, 0.1) is 12.3 Å². The monoisotopic (exact) mass is 208 g/mol. The van der Waals surface area contributed by atoms with Gasteiger partial charge in [-0.25, -0.2) is 0 Å². The number of unbranched alkanes of at least 4 members (excludes halogenated alkanes) is 1. The second-order valence-electron chi connectivity index (χ2n) is 3.07. The van der Waals surface area contributed by atoms with Gasteiger partial charge in [0, 0.05) is 18.7 Å². The zero-order chi connectivity index (χ0) is 10.4. The van der Waals surface area contributed by atoms with E-state index in [1.165, 1.54) is 0 Å². The number of nitrogens with two attached hydrogens (primary N) is 1. The van der Waals surface area contributed by atoms with Crippen LogP contribution in [0.15, 0.2) is 18.3 Å². The molecule has 1 atom stereocenters. The molecule has 1 aromatic rings. The first-order valence-electron chi connectivity index (χ1n) is 4.55. The highest BCUT2D eigenvalue weighted by molar-refractivity contribution is 6.31. The number of nitrogens with zero attached hydrogens (tertiary/aromatic N) is 1. The molecule has 1 heterocycles. The molecule has 0 spiro atoms. The fourth-order valence-corrected chi connectivity index (χ4v) is 1.49. The number of terminal acetylenes is 1. The van der Waals surface area contributed by atoms with Crippen LogP contribution in [0.25, 0.3) is 0 Å². The molecule has 0 radical (unpaired) electrons. The molecule has 2 N–H and O–H groups in total. The number of rotatable bonds is 4. The van der Waals surface area contributed by atoms with Crippen LogP contribution in [0.1, 0.15) is 31.0 Å². The summed E-state index contributed by atoms with van der Waals surface area (Å²) in [6.07, 6.45) is 9.32. The maximum absolute atomic E-state index is 5.95. The van der Waals surface area contributed by atoms with Crippen LogP contribution >= 0.6 is 11.6 Å². The van der Waals surface area contributed by atoms with Gasteiger partial charge in [0.05, 0.1) is 10.7 Å². The summed E-state index contributed by atoms with van der Waals surface area (Å²) in [6, 6.07) is 3.47. The molecular formula is C11H13ClN2. The highest BCUT2D eigenvalue weighted by Crippen LogP contribution is 2.21. The van der Waals surface area contributed by atoms with E-state index < -0.39 is 0 Å². The highest BCUT2D eigenvalue weighted by Gasteiger charge is 2.10. The van der Waals surface area contributed by atoms with Crippen LogP contribution in [0.2, 0.25) is 5.02 Å². The summed E-state index contributed by atoms with van der Waals surface area (Å²) in [5, 5.41) is 0.626. The van der Waals surface area contributed by atoms with Gasteiger partial charge in [-0.05, 0) is 25.0 Å². The topological polar surface area (TPSA) is 38.9 Å². The smallest absolute Gasteiger partial charge is 0.0756 e. The van der Waals surface area contributed by atoms with Crippen molar-refractivity contribution in [3.8, 4) is 12.3 Å². The Kier molecular flexibility index (Phi) is 4.45. The molecule has 0 aliphatic heterocycles. The molecule has 0 aliphatic rings. The lowest BCUT2D eigenvalue weighted by atomic mass is 10.1. The van der Waals surface area contributed by atoms with E-state index >= 15 is 0 Å². The Morgan fingerprint density at radius 2 is 2.43 bits per heavy atom. The zero-order valence-electron chi connectivity index (χ0n) is 7.91. The van der Waals surface area contributed by atoms with E-state index in [4.69, 9.17) is 23.8 Å². The third-order valence-corrected chi connectivity index (χ3v) is 2.29. The Labute approximate surface area is 89.5 Å². The molecule has 3 heteroatoms. The van der Waals surface area contributed by atoms with Crippen molar-refractivity contribution in [2.75, 3.05) is 0 Å². The van der Waals surface area contributed by atoms with Crippen molar-refractivity contribution >= 4 is 11.6 Å². The Balaban J connectivity index is 2.57. The van der Waals surface area contributed by atoms with Crippen molar-refractivity contribution in [1.29, 1.82) is 0 Å². The summed E-state index contributed by atoms with van der Waals surface area (Å²) in [4.78, 5) is 4.15. The molecule has 0 amide bonds. The van der Waals surface area contributed by atoms with Crippen LogP contribution in [0.4, 0.5) is 0 Å². The van der Waals surface area contributed by atoms with Crippen molar-refractivity contribution in [1.82, 2.24) is 4.98 Å². The first-order valence-corrected chi connectivity index (χ1v) is 4.93. The quantitative estimate of drug-likeness (QED) is 0.610. The van der Waals surface area contributed by atoms with Gasteiger partial charge in [0.2, 0.25) is 0 Å². The number of aromatic nitrogens is 1. The van der Waals surface area contributed by atoms with Crippen molar-refractivity contribution < 1.29 is 0 Å². The standard InChI is InChI=1S/C11H13ClN2/c1-2-3-4-7-10(13)11-9(12)6-5-8-14-11/h1,5-6,8,10H,3-4,7,13H2. The van der Waals surface area contributed by atoms with Crippen LogP contribution < -0.4 is 5.73 Å². The van der Waals surface area contributed by atoms with Gasteiger partial charge in [0.15, 0.2) is 0 Å². The fourth-order valence-electron chi connectivity index (χ4n) is 1.23. The van der Waals surface area contributed by atoms with Gasteiger partial charge >= 0.3 is 0 Å². The molecule has 0 aromatic carbocycles. The van der Waals surface area contributed by atoms with Crippen LogP contribution in [-0.2, 0) is 0 Å². The van der Waals surface area contributed by atoms with E-state index in [2.05, 4.69) is 10.9 Å². The predicted molar refractivity (Wildman–Crippen MR) is 58.9 cm³/mol. The minimum absolute atomic E-state index is 0.114. The SMILES string of the molecule is C#CCCCC(N)c1ncccc1Cl. The summed E-state index contributed by atoms with van der Waals surface area (Å²) in [5.41, 5.74) is 6.68. The number of pyridine rings is 1. The van der Waals surface area contributed by atoms with E-state index in [1.54, 1.807) is 18.3 Å². The lowest BCUT2D eigenvalue weighted by molar-refractivity contribution is 0.606. The predicted octanol–water partition coefficient (Wildman–Crippen LogP) is 2.54. The Hall–Kier alpha value is -1.04. The molecule has 1 rings (SSSR count). The van der Waals surface area contributed by atoms with Crippen molar-refractivity contribution in [2.45, 2.75) is 25.3 Å². The van der Waals surface area contributed by atoms with Gasteiger partial charge in [-0.2, -0.15) is 0 Å². The second kappa shape index (κ2) is 5.64. The van der Waals surface area contributed by atoms with Gasteiger partial charge in [-0.15, -0.1) is 12.3 Å². The van der Waals surface area contributed by atoms with E-state index in [0.717, 1.165) is 25.0 Å². The fraction of sp³-hybridized carbons (Fsp3) is 0.364. The van der Waals surface area contributed by atoms with Crippen molar-refractivity contribution in [2.24, 2.45) is 5.73 Å². The van der Waals surface area contributed by atoms with Gasteiger partial charge in [0.25, 0.3) is 0 Å². The van der Waals surface area contributed by atoms with Gasteiger partial charge in [-0.3, -0.25) is 4.98 Å². The van der Waals surface area contributed by atoms with Gasteiger partial charge < -0.3 is 5.73 Å². The van der Waals surface area contributed by atoms with Gasteiger partial charge in [-0.1, -0.05) is 11.6 Å². The molecule has 2 nitrogen and oxygen atoms in total. The zero-order valence-corrected chi connectivity index (χ0v) is 8.67. The Bertz CT molecular complexity index is 330. The third-order valence-electron chi connectivity index (χ3n) is 1.97. The molecule has 0 fully saturated rings. The molecule has 0 saturated carbocycles. The van der Waals surface area contributed by atoms with Crippen LogP contribution in [0.5, 0.6) is 0 Å². The molecule has 1 unspecified atom stereocenters. The maximum atomic E-state index is 5.95. The average Bonchev–Trinajstić information content (AvgIpc) is 2.18. The lowest BCUT2D eigenvalue weighted by Gasteiger charge is -2.10. The first-order chi connectivity index (χ1) is 6.75.